The van der Waals surface area contributed by atoms with E-state index in [2.05, 4.69) is 28.8 Å². The number of halogens is 2. The summed E-state index contributed by atoms with van der Waals surface area (Å²) in [5.74, 6) is 6.99. The van der Waals surface area contributed by atoms with Crippen molar-refractivity contribution >= 4 is 24.8 Å². The number of hydrogen-bond acceptors (Lipinski definition) is 4. The topological polar surface area (TPSA) is 45.6 Å². The summed E-state index contributed by atoms with van der Waals surface area (Å²) in [6.45, 7) is 2.11. The van der Waals surface area contributed by atoms with Gasteiger partial charge in [-0.3, -0.25) is 4.98 Å². The lowest BCUT2D eigenvalue weighted by Gasteiger charge is -2.19. The van der Waals surface area contributed by atoms with Crippen LogP contribution in [0, 0.1) is 11.8 Å². The standard InChI is InChI=1S/C17H24N2O2.2ClH/c1-19-9-6-8-16(19)14-21-17-11-15(12-18-13-17)7-4-2-3-5-10-20;;/h11-13,16,20H,2-3,5-6,8-10,14H2,1H3;2*1H/t16-;;/m0../s1. The lowest BCUT2D eigenvalue weighted by Crippen LogP contribution is -2.30. The minimum absolute atomic E-state index is 0. The fraction of sp³-hybridized carbons (Fsp3) is 0.588. The SMILES string of the molecule is CN1CCC[C@H]1COc1cncc(C#CCCCCO)c1.Cl.Cl. The van der Waals surface area contributed by atoms with Crippen LogP contribution >= 0.6 is 24.8 Å². The second kappa shape index (κ2) is 12.4. The third kappa shape index (κ3) is 7.90. The minimum atomic E-state index is 0. The summed E-state index contributed by atoms with van der Waals surface area (Å²) in [5.41, 5.74) is 0.885. The van der Waals surface area contributed by atoms with Crippen molar-refractivity contribution in [2.75, 3.05) is 26.8 Å². The number of unbranched alkanes of at least 4 members (excludes halogenated alkanes) is 2. The largest absolute Gasteiger partial charge is 0.490 e. The van der Waals surface area contributed by atoms with Gasteiger partial charge in [0.25, 0.3) is 0 Å². The number of rotatable bonds is 6. The number of likely N-dealkylation sites (tertiary alicyclic amines) is 1. The van der Waals surface area contributed by atoms with Crippen molar-refractivity contribution < 1.29 is 9.84 Å². The van der Waals surface area contributed by atoms with Gasteiger partial charge in [-0.15, -0.1) is 24.8 Å². The van der Waals surface area contributed by atoms with Crippen molar-refractivity contribution in [2.24, 2.45) is 0 Å². The molecule has 6 heteroatoms. The molecule has 0 aliphatic carbocycles. The number of aliphatic hydroxyl groups excluding tert-OH is 1. The molecule has 0 unspecified atom stereocenters. The van der Waals surface area contributed by atoms with E-state index in [1.165, 1.54) is 12.8 Å². The van der Waals surface area contributed by atoms with Crippen LogP contribution in [0.15, 0.2) is 18.5 Å². The molecule has 0 saturated carbocycles. The summed E-state index contributed by atoms with van der Waals surface area (Å²) in [6, 6.07) is 2.46. The molecule has 0 bridgehead atoms. The first-order valence-electron chi connectivity index (χ1n) is 7.67. The summed E-state index contributed by atoms with van der Waals surface area (Å²) < 4.78 is 5.84. The average molecular weight is 361 g/mol. The fourth-order valence-corrected chi connectivity index (χ4v) is 2.44. The zero-order valence-corrected chi connectivity index (χ0v) is 15.2. The van der Waals surface area contributed by atoms with E-state index in [1.807, 2.05) is 6.07 Å². The molecule has 1 aliphatic heterocycles. The molecule has 0 spiro atoms. The summed E-state index contributed by atoms with van der Waals surface area (Å²) in [6.07, 6.45) is 8.50. The van der Waals surface area contributed by atoms with Gasteiger partial charge in [0, 0.05) is 30.8 Å². The Morgan fingerprint density at radius 3 is 2.87 bits per heavy atom. The lowest BCUT2D eigenvalue weighted by atomic mass is 10.2. The zero-order chi connectivity index (χ0) is 14.9. The predicted octanol–water partition coefficient (Wildman–Crippen LogP) is 2.91. The molecule has 1 aliphatic rings. The number of aromatic nitrogens is 1. The maximum absolute atomic E-state index is 8.71. The smallest absolute Gasteiger partial charge is 0.138 e. The molecule has 1 saturated heterocycles. The lowest BCUT2D eigenvalue weighted by molar-refractivity contribution is 0.198. The second-order valence-electron chi connectivity index (χ2n) is 5.48. The van der Waals surface area contributed by atoms with Crippen LogP contribution in [0.2, 0.25) is 0 Å². The van der Waals surface area contributed by atoms with E-state index in [0.29, 0.717) is 12.6 Å². The van der Waals surface area contributed by atoms with Crippen molar-refractivity contribution in [3.63, 3.8) is 0 Å². The number of aliphatic hydroxyl groups is 1. The molecule has 1 aromatic heterocycles. The average Bonchev–Trinajstić information content (AvgIpc) is 2.91. The van der Waals surface area contributed by atoms with Crippen LogP contribution < -0.4 is 4.74 Å². The van der Waals surface area contributed by atoms with Crippen molar-refractivity contribution in [1.82, 2.24) is 9.88 Å². The Balaban J connectivity index is 0.00000242. The van der Waals surface area contributed by atoms with E-state index < -0.39 is 0 Å². The third-order valence-electron chi connectivity index (χ3n) is 3.77. The van der Waals surface area contributed by atoms with Crippen LogP contribution in [0.1, 0.15) is 37.7 Å². The normalized spacial score (nSPS) is 16.7. The highest BCUT2D eigenvalue weighted by Gasteiger charge is 2.21. The summed E-state index contributed by atoms with van der Waals surface area (Å²) in [5, 5.41) is 8.71. The summed E-state index contributed by atoms with van der Waals surface area (Å²) in [7, 11) is 2.15. The minimum Gasteiger partial charge on any atom is -0.490 e. The molecule has 1 fully saturated rings. The Bertz CT molecular complexity index is 503. The van der Waals surface area contributed by atoms with Crippen LogP contribution in [0.3, 0.4) is 0 Å². The molecule has 23 heavy (non-hydrogen) atoms. The number of hydrogen-bond donors (Lipinski definition) is 1. The van der Waals surface area contributed by atoms with E-state index in [0.717, 1.165) is 37.1 Å². The van der Waals surface area contributed by atoms with E-state index in [-0.39, 0.29) is 31.4 Å². The van der Waals surface area contributed by atoms with Gasteiger partial charge in [-0.1, -0.05) is 11.8 Å². The molecule has 1 aromatic rings. The van der Waals surface area contributed by atoms with Crippen molar-refractivity contribution in [2.45, 2.75) is 38.1 Å². The van der Waals surface area contributed by atoms with Gasteiger partial charge in [0.2, 0.25) is 0 Å². The molecule has 130 valence electrons. The van der Waals surface area contributed by atoms with Crippen LogP contribution in [-0.4, -0.2) is 47.8 Å². The number of pyridine rings is 1. The Morgan fingerprint density at radius 2 is 2.17 bits per heavy atom. The third-order valence-corrected chi connectivity index (χ3v) is 3.77. The monoisotopic (exact) mass is 360 g/mol. The van der Waals surface area contributed by atoms with Gasteiger partial charge in [0.15, 0.2) is 0 Å². The first-order chi connectivity index (χ1) is 10.3. The van der Waals surface area contributed by atoms with Crippen molar-refractivity contribution in [3.8, 4) is 17.6 Å². The summed E-state index contributed by atoms with van der Waals surface area (Å²) >= 11 is 0. The molecule has 0 amide bonds. The molecule has 0 aromatic carbocycles. The molecular formula is C17H26Cl2N2O2. The number of likely N-dealkylation sites (N-methyl/N-ethyl adjacent to an activating group) is 1. The van der Waals surface area contributed by atoms with Gasteiger partial charge in [-0.25, -0.2) is 0 Å². The van der Waals surface area contributed by atoms with Gasteiger partial charge in [0.05, 0.1) is 6.20 Å². The molecule has 1 N–H and O–H groups in total. The van der Waals surface area contributed by atoms with Gasteiger partial charge in [0.1, 0.15) is 12.4 Å². The van der Waals surface area contributed by atoms with E-state index in [4.69, 9.17) is 9.84 Å². The predicted molar refractivity (Wildman–Crippen MR) is 97.7 cm³/mol. The Labute approximate surface area is 151 Å². The van der Waals surface area contributed by atoms with Crippen LogP contribution in [-0.2, 0) is 0 Å². The zero-order valence-electron chi connectivity index (χ0n) is 13.5. The van der Waals surface area contributed by atoms with E-state index >= 15 is 0 Å². The summed E-state index contributed by atoms with van der Waals surface area (Å²) in [4.78, 5) is 6.53. The Kier molecular flexibility index (Phi) is 11.9. The van der Waals surface area contributed by atoms with Crippen molar-refractivity contribution in [3.05, 3.63) is 24.0 Å². The van der Waals surface area contributed by atoms with E-state index in [1.54, 1.807) is 12.4 Å². The van der Waals surface area contributed by atoms with Gasteiger partial charge >= 0.3 is 0 Å². The number of ether oxygens (including phenoxy) is 1. The Morgan fingerprint density at radius 1 is 1.35 bits per heavy atom. The number of nitrogens with zero attached hydrogens (tertiary/aromatic N) is 2. The van der Waals surface area contributed by atoms with Gasteiger partial charge in [-0.05, 0) is 45.3 Å². The van der Waals surface area contributed by atoms with Crippen LogP contribution in [0.25, 0.3) is 0 Å². The molecule has 4 nitrogen and oxygen atoms in total. The molecule has 2 heterocycles. The second-order valence-corrected chi connectivity index (χ2v) is 5.48. The molecule has 2 rings (SSSR count). The Hall–Kier alpha value is -0.990. The van der Waals surface area contributed by atoms with Crippen LogP contribution in [0.4, 0.5) is 0 Å². The highest BCUT2D eigenvalue weighted by molar-refractivity contribution is 5.85. The quantitative estimate of drug-likeness (QED) is 0.625. The van der Waals surface area contributed by atoms with Gasteiger partial charge in [-0.2, -0.15) is 0 Å². The fourth-order valence-electron chi connectivity index (χ4n) is 2.44. The molecule has 0 radical (unpaired) electrons. The first kappa shape index (κ1) is 22.0. The van der Waals surface area contributed by atoms with Crippen LogP contribution in [0.5, 0.6) is 5.75 Å². The maximum atomic E-state index is 8.71. The molecule has 1 atom stereocenters. The van der Waals surface area contributed by atoms with Crippen molar-refractivity contribution in [1.29, 1.82) is 0 Å². The highest BCUT2D eigenvalue weighted by atomic mass is 35.5. The molecular weight excluding hydrogens is 335 g/mol. The maximum Gasteiger partial charge on any atom is 0.138 e. The highest BCUT2D eigenvalue weighted by Crippen LogP contribution is 2.17. The van der Waals surface area contributed by atoms with Gasteiger partial charge < -0.3 is 14.7 Å². The van der Waals surface area contributed by atoms with E-state index in [9.17, 15) is 0 Å². The first-order valence-corrected chi connectivity index (χ1v) is 7.67.